The summed E-state index contributed by atoms with van der Waals surface area (Å²) in [7, 11) is -4.73. The van der Waals surface area contributed by atoms with Crippen molar-refractivity contribution in [2.75, 3.05) is 0 Å². The fourth-order valence-electron chi connectivity index (χ4n) is 3.59. The number of carbonyl (C=O) groups is 1. The normalized spacial score (nSPS) is 21.8. The van der Waals surface area contributed by atoms with E-state index in [4.69, 9.17) is 0 Å². The number of rotatable bonds is 6. The van der Waals surface area contributed by atoms with Crippen LogP contribution in [0.5, 0.6) is 5.75 Å². The number of aromatic nitrogens is 2. The molecule has 34 heavy (non-hydrogen) atoms. The molecule has 2 aromatic rings. The minimum atomic E-state index is -5.07. The van der Waals surface area contributed by atoms with E-state index in [-0.39, 0.29) is 18.5 Å². The molecule has 1 aliphatic carbocycles. The molecule has 1 fully saturated rings. The van der Waals surface area contributed by atoms with Crippen LogP contribution >= 0.6 is 0 Å². The van der Waals surface area contributed by atoms with Crippen LogP contribution in [0, 0.1) is 0 Å². The second-order valence-electron chi connectivity index (χ2n) is 7.65. The Hall–Kier alpha value is -2.84. The Morgan fingerprint density at radius 2 is 1.79 bits per heavy atom. The van der Waals surface area contributed by atoms with Crippen LogP contribution in [0.1, 0.15) is 36.2 Å². The highest BCUT2D eigenvalue weighted by Crippen LogP contribution is 2.41. The maximum Gasteiger partial charge on any atom is 0.573 e. The number of nitrogens with one attached hydrogen (secondary N) is 1. The van der Waals surface area contributed by atoms with E-state index in [2.05, 4.69) is 15.2 Å². The second-order valence-corrected chi connectivity index (χ2v) is 9.86. The van der Waals surface area contributed by atoms with Crippen LogP contribution in [0.3, 0.4) is 0 Å². The van der Waals surface area contributed by atoms with E-state index >= 15 is 4.39 Å². The number of amides is 1. The van der Waals surface area contributed by atoms with Gasteiger partial charge in [0.2, 0.25) is 14.8 Å². The lowest BCUT2D eigenvalue weighted by Crippen LogP contribution is -2.45. The number of halogens is 7. The first kappa shape index (κ1) is 25.8. The average molecular weight is 517 g/mol. The van der Waals surface area contributed by atoms with Crippen LogP contribution in [-0.2, 0) is 16.4 Å². The summed E-state index contributed by atoms with van der Waals surface area (Å²) < 4.78 is 120. The quantitative estimate of drug-likeness (QED) is 0.582. The van der Waals surface area contributed by atoms with Crippen molar-refractivity contribution in [1.29, 1.82) is 0 Å². The molecule has 0 unspecified atom stereocenters. The second kappa shape index (κ2) is 9.07. The largest absolute Gasteiger partial charge is 0.573 e. The average Bonchev–Trinajstić information content (AvgIpc) is 3.15. The molecule has 7 nitrogen and oxygen atoms in total. The van der Waals surface area contributed by atoms with E-state index in [0.717, 1.165) is 30.5 Å². The van der Waals surface area contributed by atoms with Gasteiger partial charge in [0.1, 0.15) is 18.0 Å². The van der Waals surface area contributed by atoms with E-state index in [0.29, 0.717) is 10.7 Å². The summed E-state index contributed by atoms with van der Waals surface area (Å²) in [4.78, 5) is 11.7. The van der Waals surface area contributed by atoms with Crippen molar-refractivity contribution in [2.45, 2.75) is 60.7 Å². The number of hydrogen-bond donors (Lipinski definition) is 1. The van der Waals surface area contributed by atoms with Crippen LogP contribution in [-0.4, -0.2) is 47.7 Å². The molecule has 1 aromatic carbocycles. The molecule has 0 saturated heterocycles. The number of ether oxygens (including phenoxy) is 1. The van der Waals surface area contributed by atoms with E-state index < -0.39 is 69.4 Å². The molecule has 188 valence electrons. The third kappa shape index (κ3) is 5.98. The minimum absolute atomic E-state index is 0.173. The lowest BCUT2D eigenvalue weighted by Gasteiger charge is -2.33. The highest BCUT2D eigenvalue weighted by molar-refractivity contribution is 7.92. The molecule has 0 radical (unpaired) electrons. The van der Waals surface area contributed by atoms with Gasteiger partial charge < -0.3 is 10.1 Å². The summed E-state index contributed by atoms with van der Waals surface area (Å²) in [5.41, 5.74) is -0.372. The Bertz CT molecular complexity index is 1140. The molecule has 0 atom stereocenters. The molecule has 0 aliphatic heterocycles. The summed E-state index contributed by atoms with van der Waals surface area (Å²) >= 11 is 0. The van der Waals surface area contributed by atoms with Gasteiger partial charge in [0.15, 0.2) is 0 Å². The molecule has 1 N–H and O–H groups in total. The molecular formula is C19H18F7N3O4S. The molecule has 1 heterocycles. The molecule has 1 aromatic heterocycles. The van der Waals surface area contributed by atoms with E-state index in [9.17, 15) is 39.6 Å². The topological polar surface area (TPSA) is 90.3 Å². The van der Waals surface area contributed by atoms with Gasteiger partial charge in [-0.05, 0) is 49.9 Å². The highest BCUT2D eigenvalue weighted by atomic mass is 32.2. The number of nitrogens with zero attached hydrogens (tertiary/aromatic N) is 2. The van der Waals surface area contributed by atoms with Crippen molar-refractivity contribution in [2.24, 2.45) is 0 Å². The first-order valence-electron chi connectivity index (χ1n) is 9.78. The third-order valence-corrected chi connectivity index (χ3v) is 7.42. The van der Waals surface area contributed by atoms with Crippen molar-refractivity contribution in [3.63, 3.8) is 0 Å². The van der Waals surface area contributed by atoms with Crippen molar-refractivity contribution < 1.29 is 48.7 Å². The molecular weight excluding hydrogens is 499 g/mol. The van der Waals surface area contributed by atoms with E-state index in [1.54, 1.807) is 0 Å². The minimum Gasteiger partial charge on any atom is -0.406 e. The molecule has 1 aliphatic rings. The first-order valence-corrected chi connectivity index (χ1v) is 11.3. The predicted molar refractivity (Wildman–Crippen MR) is 102 cm³/mol. The molecule has 1 amide bonds. The van der Waals surface area contributed by atoms with Gasteiger partial charge in [0.05, 0.1) is 4.90 Å². The van der Waals surface area contributed by atoms with Crippen molar-refractivity contribution >= 4 is 15.7 Å². The van der Waals surface area contributed by atoms with Gasteiger partial charge >= 0.3 is 12.5 Å². The number of hydrogen-bond acceptors (Lipinski definition) is 5. The van der Waals surface area contributed by atoms with Crippen LogP contribution in [0.4, 0.5) is 30.7 Å². The lowest BCUT2D eigenvalue weighted by atomic mass is 9.93. The Kier molecular flexibility index (Phi) is 6.88. The zero-order valence-electron chi connectivity index (χ0n) is 17.2. The molecule has 15 heteroatoms. The van der Waals surface area contributed by atoms with Crippen LogP contribution in [0.2, 0.25) is 0 Å². The fourth-order valence-corrected chi connectivity index (χ4v) is 5.32. The Morgan fingerprint density at radius 3 is 2.38 bits per heavy atom. The standard InChI is InChI=1S/C19H18F7N3O4S/c20-17(34(31,32)14-3-1-2-13(10-14)33-19(24,25)26)7-4-12(5-8-17)28-16(30)15-6-9-27-29(15)11-18(21,22)23/h1-3,6,9-10,12H,4-5,7-8,11H2,(H,28,30). The summed E-state index contributed by atoms with van der Waals surface area (Å²) in [6, 6.07) is 3.69. The van der Waals surface area contributed by atoms with Crippen LogP contribution < -0.4 is 10.1 Å². The first-order chi connectivity index (χ1) is 15.6. The summed E-state index contributed by atoms with van der Waals surface area (Å²) in [5.74, 6) is -1.72. The maximum absolute atomic E-state index is 15.4. The number of benzene rings is 1. The molecule has 3 rings (SSSR count). The van der Waals surface area contributed by atoms with Gasteiger partial charge in [-0.1, -0.05) is 6.07 Å². The lowest BCUT2D eigenvalue weighted by molar-refractivity contribution is -0.274. The van der Waals surface area contributed by atoms with Crippen molar-refractivity contribution in [1.82, 2.24) is 15.1 Å². The van der Waals surface area contributed by atoms with Crippen molar-refractivity contribution in [3.8, 4) is 5.75 Å². The Labute approximate surface area is 188 Å². The Balaban J connectivity index is 1.67. The summed E-state index contributed by atoms with van der Waals surface area (Å²) in [5, 5.41) is 3.07. The zero-order valence-corrected chi connectivity index (χ0v) is 18.0. The summed E-state index contributed by atoms with van der Waals surface area (Å²) in [6.45, 7) is -1.49. The van der Waals surface area contributed by atoms with Gasteiger partial charge in [-0.25, -0.2) is 12.8 Å². The zero-order chi connectivity index (χ0) is 25.4. The molecule has 0 bridgehead atoms. The van der Waals surface area contributed by atoms with Gasteiger partial charge in [-0.3, -0.25) is 9.48 Å². The monoisotopic (exact) mass is 517 g/mol. The SMILES string of the molecule is O=C(NC1CCC(F)(S(=O)(=O)c2cccc(OC(F)(F)F)c2)CC1)c1ccnn1CC(F)(F)F. The van der Waals surface area contributed by atoms with Crippen LogP contribution in [0.15, 0.2) is 41.4 Å². The van der Waals surface area contributed by atoms with Gasteiger partial charge in [0.25, 0.3) is 5.91 Å². The van der Waals surface area contributed by atoms with Crippen LogP contribution in [0.25, 0.3) is 0 Å². The molecule has 1 saturated carbocycles. The van der Waals surface area contributed by atoms with E-state index in [1.807, 2.05) is 0 Å². The number of alkyl halides is 7. The Morgan fingerprint density at radius 1 is 1.15 bits per heavy atom. The van der Waals surface area contributed by atoms with E-state index in [1.165, 1.54) is 0 Å². The molecule has 0 spiro atoms. The summed E-state index contributed by atoms with van der Waals surface area (Å²) in [6.07, 6.45) is -10.2. The predicted octanol–water partition coefficient (Wildman–Crippen LogP) is 4.16. The fraction of sp³-hybridized carbons (Fsp3) is 0.474. The van der Waals surface area contributed by atoms with Gasteiger partial charge in [-0.2, -0.15) is 18.3 Å². The number of sulfone groups is 1. The highest BCUT2D eigenvalue weighted by Gasteiger charge is 2.48. The number of carbonyl (C=O) groups excluding carboxylic acids is 1. The third-order valence-electron chi connectivity index (χ3n) is 5.18. The van der Waals surface area contributed by atoms with Gasteiger partial charge in [0, 0.05) is 12.2 Å². The smallest absolute Gasteiger partial charge is 0.406 e. The van der Waals surface area contributed by atoms with Crippen molar-refractivity contribution in [3.05, 3.63) is 42.2 Å². The van der Waals surface area contributed by atoms with Gasteiger partial charge in [-0.15, -0.1) is 13.2 Å². The maximum atomic E-state index is 15.4.